The second-order valence-electron chi connectivity index (χ2n) is 9.81. The molecule has 4 aromatic rings. The number of hydrogen-bond acceptors (Lipinski definition) is 7. The maximum Gasteiger partial charge on any atom is 0.331 e. The summed E-state index contributed by atoms with van der Waals surface area (Å²) in [6, 6.07) is 16.1. The van der Waals surface area contributed by atoms with Crippen LogP contribution < -0.4 is 19.1 Å². The Labute approximate surface area is 263 Å². The van der Waals surface area contributed by atoms with E-state index in [0.717, 1.165) is 12.4 Å². The van der Waals surface area contributed by atoms with Gasteiger partial charge < -0.3 is 29.4 Å². The minimum absolute atomic E-state index is 0.0278. The molecule has 0 aliphatic rings. The van der Waals surface area contributed by atoms with Crippen molar-refractivity contribution in [1.29, 1.82) is 0 Å². The van der Waals surface area contributed by atoms with Gasteiger partial charge in [0.1, 0.15) is 22.0 Å². The van der Waals surface area contributed by atoms with Crippen molar-refractivity contribution < 1.29 is 38.0 Å². The lowest BCUT2D eigenvalue weighted by molar-refractivity contribution is -0.605. The molecule has 4 rings (SSSR count). The molecular formula is C32H29Cl2FN2O7. The van der Waals surface area contributed by atoms with Gasteiger partial charge in [0.25, 0.3) is 0 Å². The highest BCUT2D eigenvalue weighted by atomic mass is 35.5. The lowest BCUT2D eigenvalue weighted by Crippen LogP contribution is -2.31. The highest BCUT2D eigenvalue weighted by Gasteiger charge is 2.28. The van der Waals surface area contributed by atoms with E-state index in [1.54, 1.807) is 55.6 Å². The average Bonchev–Trinajstić information content (AvgIpc) is 2.99. The van der Waals surface area contributed by atoms with E-state index in [1.807, 2.05) is 0 Å². The molecule has 0 saturated carbocycles. The fourth-order valence-corrected chi connectivity index (χ4v) is 5.36. The number of aliphatic carboxylic acids is 1. The standard InChI is InChI=1S/C32H29Cl2FN2O7/c1-36(31(32(39)40)22-6-4-5-7-26(22)35)21-11-8-19(9-12-21)14-30(38)44-28(16-23-24(33)17-37(41)18-25(23)34)20-10-13-27(42-2)29(15-20)43-3/h4-13,15,17-18,28,31H,14,16H2,1-3H3,(H,39,40)/t28-,31?/m0/s1. The molecule has 0 radical (unpaired) electrons. The lowest BCUT2D eigenvalue weighted by Gasteiger charge is -2.27. The number of benzene rings is 3. The van der Waals surface area contributed by atoms with Crippen molar-refractivity contribution in [3.05, 3.63) is 122 Å². The van der Waals surface area contributed by atoms with Gasteiger partial charge in [0.05, 0.1) is 20.6 Å². The van der Waals surface area contributed by atoms with E-state index >= 15 is 0 Å². The van der Waals surface area contributed by atoms with Gasteiger partial charge in [-0.05, 0) is 41.5 Å². The number of carboxylic acid groups (broad SMARTS) is 1. The largest absolute Gasteiger partial charge is 0.619 e. The average molecular weight is 643 g/mol. The van der Waals surface area contributed by atoms with E-state index in [1.165, 1.54) is 37.3 Å². The molecule has 0 aliphatic carbocycles. The number of pyridine rings is 1. The SMILES string of the molecule is COc1ccc([C@H](Cc2c(Cl)c[n+]([O-])cc2Cl)OC(=O)Cc2ccc(N(C)C(C(=O)O)c3ccccc3F)cc2)cc1OC. The van der Waals surface area contributed by atoms with E-state index in [4.69, 9.17) is 37.4 Å². The molecule has 1 N–H and O–H groups in total. The van der Waals surface area contributed by atoms with Gasteiger partial charge in [0.15, 0.2) is 29.9 Å². The first-order valence-corrected chi connectivity index (χ1v) is 14.0. The Morgan fingerprint density at radius 2 is 1.61 bits per heavy atom. The molecule has 0 saturated heterocycles. The van der Waals surface area contributed by atoms with Crippen LogP contribution in [0.3, 0.4) is 0 Å². The number of hydrogen-bond donors (Lipinski definition) is 1. The van der Waals surface area contributed by atoms with Crippen LogP contribution in [0.15, 0.2) is 79.1 Å². The van der Waals surface area contributed by atoms with E-state index in [-0.39, 0.29) is 28.5 Å². The molecule has 0 aliphatic heterocycles. The minimum Gasteiger partial charge on any atom is -0.619 e. The molecule has 2 atom stereocenters. The summed E-state index contributed by atoms with van der Waals surface area (Å²) in [5, 5.41) is 21.8. The fourth-order valence-electron chi connectivity index (χ4n) is 4.76. The number of anilines is 1. The monoisotopic (exact) mass is 642 g/mol. The number of likely N-dealkylation sites (N-methyl/N-ethyl adjacent to an activating group) is 1. The molecule has 9 nitrogen and oxygen atoms in total. The molecule has 1 heterocycles. The Bertz CT molecular complexity index is 1630. The molecule has 0 spiro atoms. The summed E-state index contributed by atoms with van der Waals surface area (Å²) in [4.78, 5) is 26.7. The van der Waals surface area contributed by atoms with Gasteiger partial charge >= 0.3 is 11.9 Å². The zero-order chi connectivity index (χ0) is 32.0. The van der Waals surface area contributed by atoms with Crippen LogP contribution in [0.25, 0.3) is 0 Å². The van der Waals surface area contributed by atoms with Crippen molar-refractivity contribution in [1.82, 2.24) is 0 Å². The van der Waals surface area contributed by atoms with Gasteiger partial charge in [-0.1, -0.05) is 59.6 Å². The van der Waals surface area contributed by atoms with Crippen LogP contribution in [-0.4, -0.2) is 38.3 Å². The van der Waals surface area contributed by atoms with E-state index in [2.05, 4.69) is 0 Å². The first-order valence-electron chi connectivity index (χ1n) is 13.3. The third-order valence-corrected chi connectivity index (χ3v) is 7.66. The Hall–Kier alpha value is -4.54. The predicted octanol–water partition coefficient (Wildman–Crippen LogP) is 6.11. The first kappa shape index (κ1) is 32.4. The molecule has 230 valence electrons. The van der Waals surface area contributed by atoms with Crippen molar-refractivity contribution in [3.63, 3.8) is 0 Å². The van der Waals surface area contributed by atoms with Crippen LogP contribution in [0, 0.1) is 11.0 Å². The van der Waals surface area contributed by atoms with Gasteiger partial charge in [-0.15, -0.1) is 0 Å². The van der Waals surface area contributed by atoms with Crippen LogP contribution in [0.2, 0.25) is 10.0 Å². The highest BCUT2D eigenvalue weighted by molar-refractivity contribution is 6.35. The van der Waals surface area contributed by atoms with Crippen molar-refractivity contribution in [2.24, 2.45) is 0 Å². The molecule has 3 aromatic carbocycles. The molecule has 1 unspecified atom stereocenters. The second kappa shape index (κ2) is 14.3. The molecule has 0 amide bonds. The van der Waals surface area contributed by atoms with Crippen LogP contribution in [0.4, 0.5) is 10.1 Å². The summed E-state index contributed by atoms with van der Waals surface area (Å²) >= 11 is 12.6. The maximum atomic E-state index is 14.4. The smallest absolute Gasteiger partial charge is 0.331 e. The number of rotatable bonds is 12. The van der Waals surface area contributed by atoms with E-state index in [0.29, 0.717) is 38.6 Å². The number of nitrogens with zero attached hydrogens (tertiary/aromatic N) is 2. The van der Waals surface area contributed by atoms with E-state index in [9.17, 15) is 24.3 Å². The second-order valence-corrected chi connectivity index (χ2v) is 10.6. The van der Waals surface area contributed by atoms with Crippen molar-refractivity contribution in [2.45, 2.75) is 25.0 Å². The summed E-state index contributed by atoms with van der Waals surface area (Å²) in [5.41, 5.74) is 2.12. The van der Waals surface area contributed by atoms with Gasteiger partial charge in [-0.2, -0.15) is 4.73 Å². The van der Waals surface area contributed by atoms with Crippen LogP contribution in [-0.2, 0) is 27.2 Å². The Morgan fingerprint density at radius 3 is 2.20 bits per heavy atom. The summed E-state index contributed by atoms with van der Waals surface area (Å²) in [6.07, 6.45) is 1.42. The number of carbonyl (C=O) groups excluding carboxylic acids is 1. The molecule has 0 fully saturated rings. The Morgan fingerprint density at radius 1 is 0.977 bits per heavy atom. The third-order valence-electron chi connectivity index (χ3n) is 7.01. The van der Waals surface area contributed by atoms with Crippen molar-refractivity contribution in [3.8, 4) is 11.5 Å². The molecule has 1 aromatic heterocycles. The quantitative estimate of drug-likeness (QED) is 0.112. The van der Waals surface area contributed by atoms with Crippen LogP contribution in [0.5, 0.6) is 11.5 Å². The summed E-state index contributed by atoms with van der Waals surface area (Å²) in [5.74, 6) is -1.50. The van der Waals surface area contributed by atoms with Gasteiger partial charge in [-0.3, -0.25) is 4.79 Å². The van der Waals surface area contributed by atoms with Gasteiger partial charge in [0, 0.05) is 30.3 Å². The number of carbonyl (C=O) groups is 2. The molecule has 44 heavy (non-hydrogen) atoms. The van der Waals surface area contributed by atoms with Crippen molar-refractivity contribution >= 4 is 40.8 Å². The minimum atomic E-state index is -1.26. The van der Waals surface area contributed by atoms with Crippen LogP contribution >= 0.6 is 23.2 Å². The van der Waals surface area contributed by atoms with Gasteiger partial charge in [-0.25, -0.2) is 9.18 Å². The summed E-state index contributed by atoms with van der Waals surface area (Å²) in [7, 11) is 4.54. The number of methoxy groups -OCH3 is 2. The number of aromatic nitrogens is 1. The topological polar surface area (TPSA) is 112 Å². The molecule has 12 heteroatoms. The lowest BCUT2D eigenvalue weighted by atomic mass is 10.0. The normalized spacial score (nSPS) is 12.2. The molecular weight excluding hydrogens is 614 g/mol. The number of carboxylic acids is 1. The predicted molar refractivity (Wildman–Crippen MR) is 163 cm³/mol. The zero-order valence-electron chi connectivity index (χ0n) is 24.0. The first-order chi connectivity index (χ1) is 21.0. The fraction of sp³-hybridized carbons (Fsp3) is 0.219. The number of halogens is 3. The van der Waals surface area contributed by atoms with Gasteiger partial charge in [0.2, 0.25) is 0 Å². The van der Waals surface area contributed by atoms with E-state index < -0.39 is 29.9 Å². The highest BCUT2D eigenvalue weighted by Crippen LogP contribution is 2.35. The zero-order valence-corrected chi connectivity index (χ0v) is 25.5. The molecule has 0 bridgehead atoms. The summed E-state index contributed by atoms with van der Waals surface area (Å²) in [6.45, 7) is 0. The van der Waals surface area contributed by atoms with Crippen molar-refractivity contribution in [2.75, 3.05) is 26.2 Å². The van der Waals surface area contributed by atoms with Crippen LogP contribution in [0.1, 0.15) is 34.4 Å². The number of ether oxygens (including phenoxy) is 3. The third kappa shape index (κ3) is 7.50. The number of esters is 1. The Kier molecular flexibility index (Phi) is 10.5. The Balaban J connectivity index is 1.55. The maximum absolute atomic E-state index is 14.4. The summed E-state index contributed by atoms with van der Waals surface area (Å²) < 4.78 is 31.5.